The molecular formula is C19H22O5. The molecule has 3 aliphatic rings. The summed E-state index contributed by atoms with van der Waals surface area (Å²) in [5, 5.41) is 0. The average molecular weight is 330 g/mol. The van der Waals surface area contributed by atoms with Gasteiger partial charge in [-0.05, 0) is 24.0 Å². The van der Waals surface area contributed by atoms with Crippen molar-refractivity contribution in [1.29, 1.82) is 0 Å². The summed E-state index contributed by atoms with van der Waals surface area (Å²) in [5.74, 6) is -0.376. The van der Waals surface area contributed by atoms with Crippen molar-refractivity contribution >= 4 is 11.9 Å². The zero-order chi connectivity index (χ0) is 16.9. The van der Waals surface area contributed by atoms with Crippen molar-refractivity contribution in [2.45, 2.75) is 57.3 Å². The van der Waals surface area contributed by atoms with E-state index in [9.17, 15) is 9.59 Å². The molecule has 2 fully saturated rings. The molecule has 5 atom stereocenters. The summed E-state index contributed by atoms with van der Waals surface area (Å²) >= 11 is 0. The van der Waals surface area contributed by atoms with Gasteiger partial charge in [-0.3, -0.25) is 9.59 Å². The molecule has 2 aliphatic heterocycles. The summed E-state index contributed by atoms with van der Waals surface area (Å²) in [5.41, 5.74) is 2.34. The van der Waals surface area contributed by atoms with Gasteiger partial charge in [-0.15, -0.1) is 0 Å². The van der Waals surface area contributed by atoms with Crippen molar-refractivity contribution in [3.05, 3.63) is 35.4 Å². The Balaban J connectivity index is 1.72. The zero-order valence-corrected chi connectivity index (χ0v) is 14.0. The van der Waals surface area contributed by atoms with Crippen LogP contribution in [0.2, 0.25) is 0 Å². The molecule has 0 unspecified atom stereocenters. The van der Waals surface area contributed by atoms with Crippen LogP contribution >= 0.6 is 0 Å². The third kappa shape index (κ3) is 2.25. The number of carbonyl (C=O) groups excluding carboxylic acids is 2. The molecule has 4 rings (SSSR count). The van der Waals surface area contributed by atoms with E-state index in [2.05, 4.69) is 24.3 Å². The molecule has 2 saturated heterocycles. The van der Waals surface area contributed by atoms with Gasteiger partial charge in [0, 0.05) is 31.6 Å². The second kappa shape index (κ2) is 5.59. The highest BCUT2D eigenvalue weighted by atomic mass is 16.6. The first kappa shape index (κ1) is 15.6. The molecule has 1 aromatic carbocycles. The minimum absolute atomic E-state index is 0.0105. The SMILES string of the molecule is CC(=O)OC[C@@]12CCc3ccccc3[C@@H]1[C@H]1C[C@@H](OC(C)=O)[C@@H]2O1. The second-order valence-corrected chi connectivity index (χ2v) is 7.17. The van der Waals surface area contributed by atoms with E-state index < -0.39 is 0 Å². The van der Waals surface area contributed by atoms with Gasteiger partial charge < -0.3 is 14.2 Å². The van der Waals surface area contributed by atoms with Crippen LogP contribution in [0.25, 0.3) is 0 Å². The van der Waals surface area contributed by atoms with E-state index in [1.165, 1.54) is 25.0 Å². The van der Waals surface area contributed by atoms with Crippen molar-refractivity contribution in [3.63, 3.8) is 0 Å². The van der Waals surface area contributed by atoms with Gasteiger partial charge in [0.1, 0.15) is 18.8 Å². The van der Waals surface area contributed by atoms with Gasteiger partial charge in [-0.1, -0.05) is 24.3 Å². The highest BCUT2D eigenvalue weighted by Gasteiger charge is 2.66. The first-order chi connectivity index (χ1) is 11.5. The van der Waals surface area contributed by atoms with Crippen LogP contribution in [0, 0.1) is 5.41 Å². The molecule has 2 heterocycles. The summed E-state index contributed by atoms with van der Waals surface area (Å²) in [6.45, 7) is 3.18. The number of rotatable bonds is 3. The number of benzene rings is 1. The lowest BCUT2D eigenvalue weighted by Crippen LogP contribution is -2.52. The van der Waals surface area contributed by atoms with Crippen LogP contribution in [0.1, 0.15) is 43.7 Å². The number of carbonyl (C=O) groups is 2. The summed E-state index contributed by atoms with van der Waals surface area (Å²) in [4.78, 5) is 22.9. The maximum absolute atomic E-state index is 11.4. The number of aryl methyl sites for hydroxylation is 1. The Morgan fingerprint density at radius 2 is 2.04 bits per heavy atom. The lowest BCUT2D eigenvalue weighted by atomic mass is 9.57. The Kier molecular flexibility index (Phi) is 3.64. The molecule has 128 valence electrons. The van der Waals surface area contributed by atoms with E-state index in [0.29, 0.717) is 13.0 Å². The topological polar surface area (TPSA) is 61.8 Å². The molecule has 1 aromatic rings. The highest BCUT2D eigenvalue weighted by molar-refractivity contribution is 5.66. The molecular weight excluding hydrogens is 308 g/mol. The van der Waals surface area contributed by atoms with Crippen LogP contribution in [-0.2, 0) is 30.2 Å². The summed E-state index contributed by atoms with van der Waals surface area (Å²) in [6, 6.07) is 8.44. The lowest BCUT2D eigenvalue weighted by Gasteiger charge is -2.46. The molecule has 0 aromatic heterocycles. The molecule has 2 bridgehead atoms. The predicted octanol–water partition coefficient (Wildman–Crippen LogP) is 2.37. The lowest BCUT2D eigenvalue weighted by molar-refractivity contribution is -0.159. The van der Waals surface area contributed by atoms with Gasteiger partial charge in [0.05, 0.1) is 6.10 Å². The molecule has 5 heteroatoms. The Bertz CT molecular complexity index is 684. The second-order valence-electron chi connectivity index (χ2n) is 7.17. The van der Waals surface area contributed by atoms with Crippen LogP contribution < -0.4 is 0 Å². The third-order valence-electron chi connectivity index (χ3n) is 5.79. The summed E-state index contributed by atoms with van der Waals surface area (Å²) in [6.07, 6.45) is 2.07. The molecule has 0 amide bonds. The van der Waals surface area contributed by atoms with E-state index in [0.717, 1.165) is 12.8 Å². The van der Waals surface area contributed by atoms with Gasteiger partial charge in [0.2, 0.25) is 0 Å². The first-order valence-electron chi connectivity index (χ1n) is 8.55. The minimum atomic E-state index is -0.303. The Morgan fingerprint density at radius 1 is 1.25 bits per heavy atom. The van der Waals surface area contributed by atoms with Crippen LogP contribution in [-0.4, -0.2) is 36.9 Å². The van der Waals surface area contributed by atoms with Gasteiger partial charge in [-0.25, -0.2) is 0 Å². The van der Waals surface area contributed by atoms with Crippen molar-refractivity contribution in [2.75, 3.05) is 6.61 Å². The molecule has 0 spiro atoms. The molecule has 0 radical (unpaired) electrons. The average Bonchev–Trinajstić information content (AvgIpc) is 3.09. The Morgan fingerprint density at radius 3 is 2.79 bits per heavy atom. The van der Waals surface area contributed by atoms with Crippen LogP contribution in [0.4, 0.5) is 0 Å². The van der Waals surface area contributed by atoms with Gasteiger partial charge >= 0.3 is 11.9 Å². The highest BCUT2D eigenvalue weighted by Crippen LogP contribution is 2.62. The van der Waals surface area contributed by atoms with E-state index in [-0.39, 0.29) is 41.6 Å². The van der Waals surface area contributed by atoms with Crippen molar-refractivity contribution < 1.29 is 23.8 Å². The van der Waals surface area contributed by atoms with Crippen molar-refractivity contribution in [3.8, 4) is 0 Å². The first-order valence-corrected chi connectivity index (χ1v) is 8.55. The molecule has 24 heavy (non-hydrogen) atoms. The van der Waals surface area contributed by atoms with Gasteiger partial charge in [0.25, 0.3) is 0 Å². The molecule has 1 aliphatic carbocycles. The fourth-order valence-corrected chi connectivity index (χ4v) is 5.00. The monoisotopic (exact) mass is 330 g/mol. The number of hydrogen-bond acceptors (Lipinski definition) is 5. The quantitative estimate of drug-likeness (QED) is 0.796. The number of esters is 2. The molecule has 0 N–H and O–H groups in total. The third-order valence-corrected chi connectivity index (χ3v) is 5.79. The predicted molar refractivity (Wildman–Crippen MR) is 85.4 cm³/mol. The number of ether oxygens (including phenoxy) is 3. The number of hydrogen-bond donors (Lipinski definition) is 0. The molecule has 5 nitrogen and oxygen atoms in total. The van der Waals surface area contributed by atoms with Crippen LogP contribution in [0.3, 0.4) is 0 Å². The fraction of sp³-hybridized carbons (Fsp3) is 0.579. The minimum Gasteiger partial charge on any atom is -0.465 e. The van der Waals surface area contributed by atoms with Crippen molar-refractivity contribution in [2.24, 2.45) is 5.41 Å². The molecule has 0 saturated carbocycles. The van der Waals surface area contributed by atoms with E-state index >= 15 is 0 Å². The van der Waals surface area contributed by atoms with E-state index in [4.69, 9.17) is 14.2 Å². The Hall–Kier alpha value is -1.88. The van der Waals surface area contributed by atoms with Crippen molar-refractivity contribution in [1.82, 2.24) is 0 Å². The normalized spacial score (nSPS) is 35.9. The van der Waals surface area contributed by atoms with Gasteiger partial charge in [-0.2, -0.15) is 0 Å². The van der Waals surface area contributed by atoms with Crippen LogP contribution in [0.5, 0.6) is 0 Å². The van der Waals surface area contributed by atoms with Crippen LogP contribution in [0.15, 0.2) is 24.3 Å². The number of fused-ring (bicyclic) bond motifs is 7. The zero-order valence-electron chi connectivity index (χ0n) is 14.0. The Labute approximate surface area is 141 Å². The van der Waals surface area contributed by atoms with E-state index in [1.54, 1.807) is 0 Å². The maximum Gasteiger partial charge on any atom is 0.302 e. The van der Waals surface area contributed by atoms with E-state index in [1.807, 2.05) is 0 Å². The smallest absolute Gasteiger partial charge is 0.302 e. The standard InChI is InChI=1S/C19H22O5/c1-11(20)22-10-19-8-7-13-5-3-4-6-14(13)17(19)15-9-16(18(19)24-15)23-12(2)21/h3-6,15-18H,7-10H2,1-2H3/t15-,16-,17-,18+,19+/m1/s1. The van der Waals surface area contributed by atoms with Gasteiger partial charge in [0.15, 0.2) is 0 Å². The summed E-state index contributed by atoms with van der Waals surface area (Å²) in [7, 11) is 0. The summed E-state index contributed by atoms with van der Waals surface area (Å²) < 4.78 is 17.2. The maximum atomic E-state index is 11.4. The largest absolute Gasteiger partial charge is 0.465 e. The fourth-order valence-electron chi connectivity index (χ4n) is 5.00.